The zero-order valence-electron chi connectivity index (χ0n) is 10.5. The van der Waals surface area contributed by atoms with Gasteiger partial charge in [-0.3, -0.25) is 4.72 Å². The SMILES string of the molecule is O=S(=O)(Nc1ccc(OC(F)F)cc1)c1ccccc1Cl. The minimum absolute atomic E-state index is 0.0642. The quantitative estimate of drug-likeness (QED) is 0.906. The fraction of sp³-hybridized carbons (Fsp3) is 0.0769. The molecule has 0 bridgehead atoms. The molecule has 0 saturated carbocycles. The van der Waals surface area contributed by atoms with Crippen LogP contribution < -0.4 is 9.46 Å². The monoisotopic (exact) mass is 333 g/mol. The molecule has 21 heavy (non-hydrogen) atoms. The first kappa shape index (κ1) is 15.5. The van der Waals surface area contributed by atoms with E-state index in [0.717, 1.165) is 0 Å². The number of anilines is 1. The Morgan fingerprint density at radius 2 is 1.67 bits per heavy atom. The van der Waals surface area contributed by atoms with Crippen molar-refractivity contribution in [1.29, 1.82) is 0 Å². The Kier molecular flexibility index (Phi) is 4.64. The Hall–Kier alpha value is -1.86. The van der Waals surface area contributed by atoms with E-state index in [2.05, 4.69) is 9.46 Å². The van der Waals surface area contributed by atoms with Crippen LogP contribution in [0.15, 0.2) is 53.4 Å². The summed E-state index contributed by atoms with van der Waals surface area (Å²) in [6.45, 7) is -2.93. The molecule has 2 aromatic rings. The summed E-state index contributed by atoms with van der Waals surface area (Å²) >= 11 is 5.83. The molecule has 0 saturated heterocycles. The van der Waals surface area contributed by atoms with Gasteiger partial charge in [0.1, 0.15) is 10.6 Å². The maximum absolute atomic E-state index is 12.1. The summed E-state index contributed by atoms with van der Waals surface area (Å²) in [7, 11) is -3.85. The minimum atomic E-state index is -3.85. The van der Waals surface area contributed by atoms with Crippen molar-refractivity contribution in [3.05, 3.63) is 53.6 Å². The topological polar surface area (TPSA) is 55.4 Å². The van der Waals surface area contributed by atoms with E-state index in [1.54, 1.807) is 12.1 Å². The van der Waals surface area contributed by atoms with Gasteiger partial charge in [-0.25, -0.2) is 8.42 Å². The van der Waals surface area contributed by atoms with E-state index in [1.807, 2.05) is 0 Å². The van der Waals surface area contributed by atoms with Crippen LogP contribution in [-0.2, 0) is 10.0 Å². The summed E-state index contributed by atoms with van der Waals surface area (Å²) in [4.78, 5) is -0.0698. The Labute approximate surface area is 125 Å². The first-order valence-electron chi connectivity index (χ1n) is 5.71. The van der Waals surface area contributed by atoms with E-state index in [0.29, 0.717) is 0 Å². The summed E-state index contributed by atoms with van der Waals surface area (Å²) in [5.74, 6) is -0.0642. The highest BCUT2D eigenvalue weighted by atomic mass is 35.5. The van der Waals surface area contributed by atoms with Crippen molar-refractivity contribution in [1.82, 2.24) is 0 Å². The van der Waals surface area contributed by atoms with Crippen LogP contribution >= 0.6 is 11.6 Å². The second-order valence-corrected chi connectivity index (χ2v) is 6.00. The number of hydrogen-bond acceptors (Lipinski definition) is 3. The lowest BCUT2D eigenvalue weighted by atomic mass is 10.3. The third kappa shape index (κ3) is 4.05. The Morgan fingerprint density at radius 1 is 1.05 bits per heavy atom. The molecular formula is C13H10ClF2NO3S. The average Bonchev–Trinajstić information content (AvgIpc) is 2.40. The van der Waals surface area contributed by atoms with Crippen LogP contribution in [0.5, 0.6) is 5.75 Å². The molecule has 0 spiro atoms. The maximum atomic E-state index is 12.1. The molecule has 112 valence electrons. The van der Waals surface area contributed by atoms with Gasteiger partial charge in [-0.2, -0.15) is 8.78 Å². The van der Waals surface area contributed by atoms with Gasteiger partial charge in [0, 0.05) is 5.69 Å². The summed E-state index contributed by atoms with van der Waals surface area (Å²) in [5.41, 5.74) is 0.205. The highest BCUT2D eigenvalue weighted by molar-refractivity contribution is 7.92. The molecular weight excluding hydrogens is 324 g/mol. The number of halogens is 3. The molecule has 0 heterocycles. The molecule has 0 atom stereocenters. The van der Waals surface area contributed by atoms with Crippen molar-refractivity contribution in [3.63, 3.8) is 0 Å². The van der Waals surface area contributed by atoms with Crippen LogP contribution in [0.2, 0.25) is 5.02 Å². The third-order valence-electron chi connectivity index (χ3n) is 2.46. The van der Waals surface area contributed by atoms with Gasteiger partial charge in [-0.05, 0) is 36.4 Å². The second-order valence-electron chi connectivity index (χ2n) is 3.94. The Balaban J connectivity index is 2.19. The minimum Gasteiger partial charge on any atom is -0.435 e. The molecule has 2 rings (SSSR count). The van der Waals surface area contributed by atoms with Gasteiger partial charge in [0.05, 0.1) is 5.02 Å². The van der Waals surface area contributed by atoms with E-state index in [9.17, 15) is 17.2 Å². The van der Waals surface area contributed by atoms with Crippen LogP contribution in [-0.4, -0.2) is 15.0 Å². The average molecular weight is 334 g/mol. The number of sulfonamides is 1. The van der Waals surface area contributed by atoms with E-state index in [-0.39, 0.29) is 21.4 Å². The van der Waals surface area contributed by atoms with Gasteiger partial charge >= 0.3 is 6.61 Å². The first-order valence-corrected chi connectivity index (χ1v) is 7.57. The lowest BCUT2D eigenvalue weighted by molar-refractivity contribution is -0.0498. The molecule has 0 radical (unpaired) electrons. The molecule has 0 aliphatic carbocycles. The smallest absolute Gasteiger partial charge is 0.387 e. The zero-order chi connectivity index (χ0) is 15.5. The van der Waals surface area contributed by atoms with Crippen molar-refractivity contribution >= 4 is 27.3 Å². The fourth-order valence-corrected chi connectivity index (χ4v) is 3.16. The van der Waals surface area contributed by atoms with E-state index < -0.39 is 16.6 Å². The number of alkyl halides is 2. The predicted octanol–water partition coefficient (Wildman–Crippen LogP) is 3.74. The normalized spacial score (nSPS) is 11.4. The lowest BCUT2D eigenvalue weighted by Crippen LogP contribution is -2.13. The molecule has 0 aliphatic rings. The molecule has 0 amide bonds. The van der Waals surface area contributed by atoms with Gasteiger partial charge in [0.2, 0.25) is 0 Å². The van der Waals surface area contributed by atoms with Crippen LogP contribution in [0, 0.1) is 0 Å². The summed E-state index contributed by atoms with van der Waals surface area (Å²) in [6, 6.07) is 11.1. The molecule has 0 aromatic heterocycles. The van der Waals surface area contributed by atoms with Crippen LogP contribution in [0.3, 0.4) is 0 Å². The van der Waals surface area contributed by atoms with Crippen molar-refractivity contribution in [2.75, 3.05) is 4.72 Å². The Morgan fingerprint density at radius 3 is 2.24 bits per heavy atom. The van der Waals surface area contributed by atoms with Crippen molar-refractivity contribution in [2.24, 2.45) is 0 Å². The highest BCUT2D eigenvalue weighted by Crippen LogP contribution is 2.24. The fourth-order valence-electron chi connectivity index (χ4n) is 1.58. The second kappa shape index (κ2) is 6.28. The predicted molar refractivity (Wildman–Crippen MR) is 75.3 cm³/mol. The van der Waals surface area contributed by atoms with E-state index >= 15 is 0 Å². The number of nitrogens with one attached hydrogen (secondary N) is 1. The molecule has 2 aromatic carbocycles. The van der Waals surface area contributed by atoms with Gasteiger partial charge in [-0.15, -0.1) is 0 Å². The number of ether oxygens (including phenoxy) is 1. The highest BCUT2D eigenvalue weighted by Gasteiger charge is 2.17. The standard InChI is InChI=1S/C13H10ClF2NO3S/c14-11-3-1-2-4-12(11)21(18,19)17-9-5-7-10(8-6-9)20-13(15)16/h1-8,13,17H. The number of hydrogen-bond donors (Lipinski definition) is 1. The van der Waals surface area contributed by atoms with Gasteiger partial charge < -0.3 is 4.74 Å². The van der Waals surface area contributed by atoms with Gasteiger partial charge in [0.15, 0.2) is 0 Å². The van der Waals surface area contributed by atoms with Gasteiger partial charge in [0.25, 0.3) is 10.0 Å². The van der Waals surface area contributed by atoms with Crippen molar-refractivity contribution < 1.29 is 21.9 Å². The van der Waals surface area contributed by atoms with E-state index in [1.165, 1.54) is 36.4 Å². The number of benzene rings is 2. The number of rotatable bonds is 5. The van der Waals surface area contributed by atoms with Crippen LogP contribution in [0.25, 0.3) is 0 Å². The summed E-state index contributed by atoms with van der Waals surface area (Å²) < 4.78 is 54.8. The van der Waals surface area contributed by atoms with Crippen molar-refractivity contribution in [3.8, 4) is 5.75 Å². The molecule has 1 N–H and O–H groups in total. The molecule has 0 fully saturated rings. The summed E-state index contributed by atoms with van der Waals surface area (Å²) in [5, 5.41) is 0.0858. The lowest BCUT2D eigenvalue weighted by Gasteiger charge is -2.10. The molecule has 0 aliphatic heterocycles. The zero-order valence-corrected chi connectivity index (χ0v) is 12.0. The third-order valence-corrected chi connectivity index (χ3v) is 4.34. The first-order chi connectivity index (χ1) is 9.88. The molecule has 4 nitrogen and oxygen atoms in total. The van der Waals surface area contributed by atoms with Gasteiger partial charge in [-0.1, -0.05) is 23.7 Å². The summed E-state index contributed by atoms with van der Waals surface area (Å²) in [6.07, 6.45) is 0. The van der Waals surface area contributed by atoms with Crippen molar-refractivity contribution in [2.45, 2.75) is 11.5 Å². The van der Waals surface area contributed by atoms with Crippen LogP contribution in [0.4, 0.5) is 14.5 Å². The largest absolute Gasteiger partial charge is 0.435 e. The Bertz CT molecular complexity index is 720. The maximum Gasteiger partial charge on any atom is 0.387 e. The van der Waals surface area contributed by atoms with E-state index in [4.69, 9.17) is 11.6 Å². The van der Waals surface area contributed by atoms with Crippen LogP contribution in [0.1, 0.15) is 0 Å². The molecule has 0 unspecified atom stereocenters. The molecule has 8 heteroatoms.